The van der Waals surface area contributed by atoms with Crippen LogP contribution >= 0.6 is 23.2 Å². The van der Waals surface area contributed by atoms with Crippen LogP contribution in [0.1, 0.15) is 42.5 Å². The van der Waals surface area contributed by atoms with Gasteiger partial charge < -0.3 is 4.74 Å². The van der Waals surface area contributed by atoms with Crippen LogP contribution in [0.2, 0.25) is 10.0 Å². The third-order valence-electron chi connectivity index (χ3n) is 6.95. The first-order valence-electron chi connectivity index (χ1n) is 12.4. The molecule has 1 amide bonds. The van der Waals surface area contributed by atoms with Crippen LogP contribution in [0.15, 0.2) is 89.5 Å². The van der Waals surface area contributed by atoms with Crippen molar-refractivity contribution in [3.05, 3.63) is 111 Å². The first-order valence-corrected chi connectivity index (χ1v) is 13.1. The van der Waals surface area contributed by atoms with Gasteiger partial charge in [-0.1, -0.05) is 66.5 Å². The number of ether oxygens (including phenoxy) is 1. The second-order valence-electron chi connectivity index (χ2n) is 9.64. The van der Waals surface area contributed by atoms with Crippen LogP contribution in [-0.4, -0.2) is 23.7 Å². The van der Waals surface area contributed by atoms with E-state index in [1.807, 2.05) is 78.9 Å². The SMILES string of the molecule is COc1ccc(/C=C/C(=O)N2N=C3/C(=C/c4ccc(Cl)cc4)C[C@H](C)C[C@H]3[C@H]2c2ccc(Cl)cc2)cc1. The van der Waals surface area contributed by atoms with Crippen LogP contribution in [0.4, 0.5) is 0 Å². The zero-order valence-corrected chi connectivity index (χ0v) is 22.3. The Morgan fingerprint density at radius 1 is 0.946 bits per heavy atom. The minimum Gasteiger partial charge on any atom is -0.497 e. The molecule has 37 heavy (non-hydrogen) atoms. The molecule has 3 atom stereocenters. The summed E-state index contributed by atoms with van der Waals surface area (Å²) in [6.45, 7) is 2.26. The lowest BCUT2D eigenvalue weighted by Crippen LogP contribution is -2.32. The van der Waals surface area contributed by atoms with E-state index in [2.05, 4.69) is 13.0 Å². The van der Waals surface area contributed by atoms with E-state index < -0.39 is 0 Å². The fourth-order valence-electron chi connectivity index (χ4n) is 5.18. The molecule has 1 fully saturated rings. The topological polar surface area (TPSA) is 41.9 Å². The summed E-state index contributed by atoms with van der Waals surface area (Å²) in [7, 11) is 1.63. The largest absolute Gasteiger partial charge is 0.497 e. The van der Waals surface area contributed by atoms with Crippen LogP contribution in [0, 0.1) is 11.8 Å². The summed E-state index contributed by atoms with van der Waals surface area (Å²) < 4.78 is 5.23. The molecule has 0 unspecified atom stereocenters. The highest BCUT2D eigenvalue weighted by atomic mass is 35.5. The fourth-order valence-corrected chi connectivity index (χ4v) is 5.44. The lowest BCUT2D eigenvalue weighted by molar-refractivity contribution is -0.128. The number of allylic oxidation sites excluding steroid dienone is 1. The number of nitrogens with zero attached hydrogens (tertiary/aromatic N) is 2. The highest BCUT2D eigenvalue weighted by Gasteiger charge is 2.44. The van der Waals surface area contributed by atoms with E-state index in [-0.39, 0.29) is 17.9 Å². The van der Waals surface area contributed by atoms with Gasteiger partial charge in [-0.2, -0.15) is 5.10 Å². The highest BCUT2D eigenvalue weighted by Crippen LogP contribution is 2.46. The maximum absolute atomic E-state index is 13.6. The molecule has 0 spiro atoms. The molecule has 3 aromatic carbocycles. The number of hydrogen-bond donors (Lipinski definition) is 0. The van der Waals surface area contributed by atoms with Gasteiger partial charge in [0.15, 0.2) is 0 Å². The number of carbonyl (C=O) groups is 1. The van der Waals surface area contributed by atoms with Crippen molar-refractivity contribution in [3.8, 4) is 5.75 Å². The first kappa shape index (κ1) is 25.3. The summed E-state index contributed by atoms with van der Waals surface area (Å²) in [6, 6.07) is 23.0. The van der Waals surface area contributed by atoms with Crippen LogP contribution < -0.4 is 4.74 Å². The first-order chi connectivity index (χ1) is 17.9. The molecule has 0 aromatic heterocycles. The lowest BCUT2D eigenvalue weighted by Gasteiger charge is -2.32. The second kappa shape index (κ2) is 11.0. The molecular weight excluding hydrogens is 503 g/mol. The Morgan fingerprint density at radius 3 is 2.22 bits per heavy atom. The van der Waals surface area contributed by atoms with Crippen molar-refractivity contribution in [2.75, 3.05) is 7.11 Å². The molecule has 0 N–H and O–H groups in total. The number of hydrogen-bond acceptors (Lipinski definition) is 3. The average molecular weight is 531 g/mol. The number of amides is 1. The van der Waals surface area contributed by atoms with E-state index >= 15 is 0 Å². The summed E-state index contributed by atoms with van der Waals surface area (Å²) in [5, 5.41) is 7.99. The number of rotatable bonds is 5. The van der Waals surface area contributed by atoms with Gasteiger partial charge in [0.2, 0.25) is 0 Å². The van der Waals surface area contributed by atoms with E-state index in [4.69, 9.17) is 33.0 Å². The molecule has 5 rings (SSSR count). The maximum atomic E-state index is 13.6. The monoisotopic (exact) mass is 530 g/mol. The Bertz CT molecular complexity index is 1360. The predicted octanol–water partition coefficient (Wildman–Crippen LogP) is 8.08. The quantitative estimate of drug-likeness (QED) is 0.312. The van der Waals surface area contributed by atoms with Gasteiger partial charge in [-0.05, 0) is 89.6 Å². The van der Waals surface area contributed by atoms with Crippen molar-refractivity contribution < 1.29 is 9.53 Å². The van der Waals surface area contributed by atoms with Gasteiger partial charge in [-0.15, -0.1) is 0 Å². The molecule has 1 saturated carbocycles. The summed E-state index contributed by atoms with van der Waals surface area (Å²) >= 11 is 12.3. The van der Waals surface area contributed by atoms with Gasteiger partial charge in [0.25, 0.3) is 5.91 Å². The smallest absolute Gasteiger partial charge is 0.267 e. The Kier molecular flexibility index (Phi) is 7.50. The van der Waals surface area contributed by atoms with Gasteiger partial charge in [-0.3, -0.25) is 4.79 Å². The lowest BCUT2D eigenvalue weighted by atomic mass is 9.73. The Balaban J connectivity index is 1.51. The zero-order chi connectivity index (χ0) is 25.9. The summed E-state index contributed by atoms with van der Waals surface area (Å²) in [5.74, 6) is 1.18. The highest BCUT2D eigenvalue weighted by molar-refractivity contribution is 6.30. The Labute approximate surface area is 227 Å². The van der Waals surface area contributed by atoms with Crippen LogP contribution in [0.25, 0.3) is 12.2 Å². The van der Waals surface area contributed by atoms with Gasteiger partial charge in [-0.25, -0.2) is 5.01 Å². The van der Waals surface area contributed by atoms with Gasteiger partial charge in [0, 0.05) is 22.0 Å². The van der Waals surface area contributed by atoms with E-state index in [1.54, 1.807) is 18.2 Å². The fraction of sp³-hybridized carbons (Fsp3) is 0.226. The van der Waals surface area contributed by atoms with Crippen molar-refractivity contribution in [2.24, 2.45) is 16.9 Å². The molecule has 1 aliphatic carbocycles. The van der Waals surface area contributed by atoms with Gasteiger partial charge in [0.1, 0.15) is 5.75 Å². The molecule has 1 aliphatic heterocycles. The molecule has 3 aromatic rings. The number of hydrazone groups is 1. The van der Waals surface area contributed by atoms with E-state index in [1.165, 1.54) is 5.57 Å². The molecule has 0 saturated heterocycles. The molecule has 0 bridgehead atoms. The van der Waals surface area contributed by atoms with Crippen molar-refractivity contribution in [1.29, 1.82) is 0 Å². The molecule has 0 radical (unpaired) electrons. The van der Waals surface area contributed by atoms with E-state index in [9.17, 15) is 4.79 Å². The third-order valence-corrected chi connectivity index (χ3v) is 7.45. The Hall–Kier alpha value is -3.34. The summed E-state index contributed by atoms with van der Waals surface area (Å²) in [5.41, 5.74) is 5.17. The molecule has 1 heterocycles. The van der Waals surface area contributed by atoms with E-state index in [0.717, 1.165) is 41.0 Å². The minimum absolute atomic E-state index is 0.0989. The number of methoxy groups -OCH3 is 1. The summed E-state index contributed by atoms with van der Waals surface area (Å²) in [6.07, 6.45) is 7.46. The molecule has 188 valence electrons. The van der Waals surface area contributed by atoms with Crippen molar-refractivity contribution in [2.45, 2.75) is 25.8 Å². The normalized spacial score (nSPS) is 22.3. The minimum atomic E-state index is -0.198. The van der Waals surface area contributed by atoms with Crippen LogP contribution in [0.5, 0.6) is 5.75 Å². The molecule has 6 heteroatoms. The summed E-state index contributed by atoms with van der Waals surface area (Å²) in [4.78, 5) is 13.6. The number of halogens is 2. The van der Waals surface area contributed by atoms with Crippen molar-refractivity contribution in [1.82, 2.24) is 5.01 Å². The van der Waals surface area contributed by atoms with Gasteiger partial charge in [0.05, 0.1) is 18.9 Å². The van der Waals surface area contributed by atoms with Gasteiger partial charge >= 0.3 is 0 Å². The Morgan fingerprint density at radius 2 is 1.57 bits per heavy atom. The van der Waals surface area contributed by atoms with Crippen LogP contribution in [0.3, 0.4) is 0 Å². The van der Waals surface area contributed by atoms with Crippen molar-refractivity contribution in [3.63, 3.8) is 0 Å². The maximum Gasteiger partial charge on any atom is 0.267 e. The van der Waals surface area contributed by atoms with E-state index in [0.29, 0.717) is 16.0 Å². The second-order valence-corrected chi connectivity index (χ2v) is 10.5. The average Bonchev–Trinajstić information content (AvgIpc) is 3.29. The third kappa shape index (κ3) is 5.66. The van der Waals surface area contributed by atoms with Crippen molar-refractivity contribution >= 4 is 47.0 Å². The number of fused-ring (bicyclic) bond motifs is 1. The molecular formula is C31H28Cl2N2O2. The molecule has 4 nitrogen and oxygen atoms in total. The number of carbonyl (C=O) groups excluding carboxylic acids is 1. The standard InChI is InChI=1S/C31H28Cl2N2O2/c1-20-17-24(19-22-3-10-25(32)11-4-22)30-28(18-20)31(23-8-12-26(33)13-9-23)35(34-30)29(36)16-7-21-5-14-27(37-2)15-6-21/h3-16,19-20,28,31H,17-18H2,1-2H3/b16-7+,24-19+/t20-,28+,31+/m0/s1. The predicted molar refractivity (Wildman–Crippen MR) is 152 cm³/mol. The molecule has 2 aliphatic rings. The zero-order valence-electron chi connectivity index (χ0n) is 20.8. The number of benzene rings is 3. The van der Waals surface area contributed by atoms with Crippen LogP contribution in [-0.2, 0) is 4.79 Å².